The molecule has 1 N–H and O–H groups in total. The van der Waals surface area contributed by atoms with Gasteiger partial charge in [0.2, 0.25) is 0 Å². The second-order valence-electron chi connectivity index (χ2n) is 4.77. The van der Waals surface area contributed by atoms with Crippen molar-refractivity contribution in [1.29, 1.82) is 0 Å². The Kier molecular flexibility index (Phi) is 4.70. The van der Waals surface area contributed by atoms with Crippen molar-refractivity contribution in [3.63, 3.8) is 0 Å². The van der Waals surface area contributed by atoms with E-state index in [1.54, 1.807) is 0 Å². The standard InChI is InChI=1S/C13H20INO/c1-10(11-5-3-2-4-6-11)15-9-12-7-8-13(14)16-12/h7-8,10-11,15H,2-6,9H2,1H3/t10-/m1/s1. The summed E-state index contributed by atoms with van der Waals surface area (Å²) >= 11 is 2.21. The van der Waals surface area contributed by atoms with Crippen LogP contribution >= 0.6 is 22.6 Å². The van der Waals surface area contributed by atoms with Gasteiger partial charge in [0.1, 0.15) is 5.76 Å². The number of hydrogen-bond donors (Lipinski definition) is 1. The highest BCUT2D eigenvalue weighted by atomic mass is 127. The Morgan fingerprint density at radius 1 is 1.38 bits per heavy atom. The van der Waals surface area contributed by atoms with Crippen molar-refractivity contribution in [2.24, 2.45) is 5.92 Å². The lowest BCUT2D eigenvalue weighted by molar-refractivity contribution is 0.275. The third-order valence-electron chi connectivity index (χ3n) is 3.58. The molecule has 2 rings (SSSR count). The maximum Gasteiger partial charge on any atom is 0.164 e. The van der Waals surface area contributed by atoms with E-state index in [1.165, 1.54) is 32.1 Å². The van der Waals surface area contributed by atoms with Gasteiger partial charge in [-0.15, -0.1) is 0 Å². The minimum absolute atomic E-state index is 0.614. The number of nitrogens with one attached hydrogen (secondary N) is 1. The van der Waals surface area contributed by atoms with Crippen LogP contribution in [0.15, 0.2) is 16.5 Å². The van der Waals surface area contributed by atoms with E-state index in [-0.39, 0.29) is 0 Å². The summed E-state index contributed by atoms with van der Waals surface area (Å²) in [6.45, 7) is 3.17. The van der Waals surface area contributed by atoms with Gasteiger partial charge in [0, 0.05) is 6.04 Å². The minimum atomic E-state index is 0.614. The van der Waals surface area contributed by atoms with Gasteiger partial charge >= 0.3 is 0 Å². The van der Waals surface area contributed by atoms with Gasteiger partial charge in [0.25, 0.3) is 0 Å². The first kappa shape index (κ1) is 12.4. The van der Waals surface area contributed by atoms with E-state index in [1.807, 2.05) is 6.07 Å². The highest BCUT2D eigenvalue weighted by molar-refractivity contribution is 14.1. The Hall–Kier alpha value is -0.0300. The zero-order valence-corrected chi connectivity index (χ0v) is 12.0. The number of furan rings is 1. The topological polar surface area (TPSA) is 25.2 Å². The summed E-state index contributed by atoms with van der Waals surface area (Å²) in [6.07, 6.45) is 7.04. The van der Waals surface area contributed by atoms with Crippen LogP contribution in [0, 0.1) is 9.68 Å². The molecule has 2 nitrogen and oxygen atoms in total. The first-order valence-electron chi connectivity index (χ1n) is 6.23. The summed E-state index contributed by atoms with van der Waals surface area (Å²) in [5.41, 5.74) is 0. The molecule has 1 fully saturated rings. The fraction of sp³-hybridized carbons (Fsp3) is 0.692. The van der Waals surface area contributed by atoms with Crippen molar-refractivity contribution in [3.8, 4) is 0 Å². The fourth-order valence-corrected chi connectivity index (χ4v) is 2.97. The SMILES string of the molecule is C[C@@H](NCc1ccc(I)o1)C1CCCCC1. The molecule has 1 heterocycles. The molecule has 1 atom stereocenters. The smallest absolute Gasteiger partial charge is 0.164 e. The molecular weight excluding hydrogens is 313 g/mol. The zero-order chi connectivity index (χ0) is 11.4. The minimum Gasteiger partial charge on any atom is -0.454 e. The van der Waals surface area contributed by atoms with Crippen LogP contribution in [0.25, 0.3) is 0 Å². The molecule has 0 radical (unpaired) electrons. The lowest BCUT2D eigenvalue weighted by atomic mass is 9.84. The monoisotopic (exact) mass is 333 g/mol. The Morgan fingerprint density at radius 2 is 2.12 bits per heavy atom. The maximum absolute atomic E-state index is 5.55. The second kappa shape index (κ2) is 6.05. The Labute approximate surface area is 111 Å². The van der Waals surface area contributed by atoms with E-state index in [9.17, 15) is 0 Å². The van der Waals surface area contributed by atoms with Crippen LogP contribution in [0.4, 0.5) is 0 Å². The van der Waals surface area contributed by atoms with Crippen LogP contribution < -0.4 is 5.32 Å². The highest BCUT2D eigenvalue weighted by Crippen LogP contribution is 2.26. The van der Waals surface area contributed by atoms with Crippen LogP contribution in [0.3, 0.4) is 0 Å². The third-order valence-corrected chi connectivity index (χ3v) is 4.16. The van der Waals surface area contributed by atoms with E-state index in [2.05, 4.69) is 40.9 Å². The predicted octanol–water partition coefficient (Wildman–Crippen LogP) is 3.94. The van der Waals surface area contributed by atoms with Gasteiger partial charge in [0.05, 0.1) is 6.54 Å². The summed E-state index contributed by atoms with van der Waals surface area (Å²) in [5.74, 6) is 1.91. The van der Waals surface area contributed by atoms with Crippen molar-refractivity contribution in [2.45, 2.75) is 51.6 Å². The Bertz CT molecular complexity index is 317. The molecule has 0 aromatic carbocycles. The van der Waals surface area contributed by atoms with Crippen molar-refractivity contribution in [2.75, 3.05) is 0 Å². The van der Waals surface area contributed by atoms with Crippen LogP contribution in [0.1, 0.15) is 44.8 Å². The largest absolute Gasteiger partial charge is 0.454 e. The summed E-state index contributed by atoms with van der Waals surface area (Å²) in [7, 11) is 0. The number of rotatable bonds is 4. The van der Waals surface area contributed by atoms with E-state index in [0.29, 0.717) is 6.04 Å². The van der Waals surface area contributed by atoms with Gasteiger partial charge in [-0.2, -0.15) is 0 Å². The summed E-state index contributed by atoms with van der Waals surface area (Å²) in [6, 6.07) is 4.69. The molecule has 3 heteroatoms. The molecular formula is C13H20INO. The summed E-state index contributed by atoms with van der Waals surface area (Å²) in [4.78, 5) is 0. The molecule has 0 unspecified atom stereocenters. The first-order chi connectivity index (χ1) is 7.75. The summed E-state index contributed by atoms with van der Waals surface area (Å²) in [5, 5.41) is 3.58. The van der Waals surface area contributed by atoms with Gasteiger partial charge < -0.3 is 9.73 Å². The Balaban J connectivity index is 1.76. The predicted molar refractivity (Wildman–Crippen MR) is 74.3 cm³/mol. The van der Waals surface area contributed by atoms with E-state index in [4.69, 9.17) is 4.42 Å². The maximum atomic E-state index is 5.55. The van der Waals surface area contributed by atoms with E-state index in [0.717, 1.165) is 22.0 Å². The molecule has 0 aliphatic heterocycles. The molecule has 1 saturated carbocycles. The lowest BCUT2D eigenvalue weighted by Gasteiger charge is -2.28. The Morgan fingerprint density at radius 3 is 2.75 bits per heavy atom. The molecule has 0 spiro atoms. The molecule has 0 saturated heterocycles. The molecule has 1 aromatic rings. The van der Waals surface area contributed by atoms with Crippen molar-refractivity contribution < 1.29 is 4.42 Å². The molecule has 1 aliphatic rings. The van der Waals surface area contributed by atoms with Gasteiger partial charge in [0.15, 0.2) is 3.77 Å². The molecule has 0 amide bonds. The molecule has 16 heavy (non-hydrogen) atoms. The molecule has 1 aromatic heterocycles. The quantitative estimate of drug-likeness (QED) is 0.845. The highest BCUT2D eigenvalue weighted by Gasteiger charge is 2.19. The van der Waals surface area contributed by atoms with Gasteiger partial charge in [-0.25, -0.2) is 0 Å². The van der Waals surface area contributed by atoms with Gasteiger partial charge in [-0.05, 0) is 60.4 Å². The van der Waals surface area contributed by atoms with E-state index < -0.39 is 0 Å². The lowest BCUT2D eigenvalue weighted by Crippen LogP contribution is -2.34. The average Bonchev–Trinajstić information content (AvgIpc) is 2.73. The number of hydrogen-bond acceptors (Lipinski definition) is 2. The van der Waals surface area contributed by atoms with Crippen LogP contribution in [0.2, 0.25) is 0 Å². The first-order valence-corrected chi connectivity index (χ1v) is 7.31. The van der Waals surface area contributed by atoms with Crippen LogP contribution in [-0.2, 0) is 6.54 Å². The van der Waals surface area contributed by atoms with Crippen LogP contribution in [-0.4, -0.2) is 6.04 Å². The molecule has 0 bridgehead atoms. The normalized spacial score (nSPS) is 19.9. The van der Waals surface area contributed by atoms with Crippen molar-refractivity contribution in [1.82, 2.24) is 5.32 Å². The van der Waals surface area contributed by atoms with Crippen LogP contribution in [0.5, 0.6) is 0 Å². The van der Waals surface area contributed by atoms with Crippen molar-refractivity contribution >= 4 is 22.6 Å². The van der Waals surface area contributed by atoms with Gasteiger partial charge in [-0.3, -0.25) is 0 Å². The molecule has 1 aliphatic carbocycles. The second-order valence-corrected chi connectivity index (χ2v) is 5.84. The summed E-state index contributed by atoms with van der Waals surface area (Å²) < 4.78 is 6.52. The fourth-order valence-electron chi connectivity index (χ4n) is 2.51. The zero-order valence-electron chi connectivity index (χ0n) is 9.84. The van der Waals surface area contributed by atoms with E-state index >= 15 is 0 Å². The van der Waals surface area contributed by atoms with Gasteiger partial charge in [-0.1, -0.05) is 19.3 Å². The third kappa shape index (κ3) is 3.48. The average molecular weight is 333 g/mol. The van der Waals surface area contributed by atoms with Crippen molar-refractivity contribution in [3.05, 3.63) is 21.7 Å². The number of halogens is 1. The molecule has 90 valence electrons.